The number of nitrogens with zero attached hydrogens (tertiary/aromatic N) is 3. The first-order valence-electron chi connectivity index (χ1n) is 11.0. The van der Waals surface area contributed by atoms with Gasteiger partial charge in [-0.25, -0.2) is 19.6 Å². The third kappa shape index (κ3) is 4.24. The van der Waals surface area contributed by atoms with E-state index in [0.29, 0.717) is 46.5 Å². The molecule has 0 spiro atoms. The van der Waals surface area contributed by atoms with Crippen molar-refractivity contribution in [3.63, 3.8) is 0 Å². The SMILES string of the molecule is CCCOC(=O)c1ccc(-n2c(N)c(C(=O)O[C@H](C)CC)c3nc4ccccc4nc32)cc1. The summed E-state index contributed by atoms with van der Waals surface area (Å²) in [5.74, 6) is -0.762. The summed E-state index contributed by atoms with van der Waals surface area (Å²) in [6.07, 6.45) is 1.16. The summed E-state index contributed by atoms with van der Waals surface area (Å²) < 4.78 is 12.4. The van der Waals surface area contributed by atoms with Crippen LogP contribution in [0.25, 0.3) is 27.9 Å². The third-order valence-electron chi connectivity index (χ3n) is 5.38. The lowest BCUT2D eigenvalue weighted by Gasteiger charge is -2.11. The summed E-state index contributed by atoms with van der Waals surface area (Å²) in [6.45, 7) is 6.06. The van der Waals surface area contributed by atoms with Crippen molar-refractivity contribution in [1.29, 1.82) is 0 Å². The minimum Gasteiger partial charge on any atom is -0.462 e. The highest BCUT2D eigenvalue weighted by atomic mass is 16.5. The first kappa shape index (κ1) is 22.3. The third-order valence-corrected chi connectivity index (χ3v) is 5.38. The molecule has 0 bridgehead atoms. The van der Waals surface area contributed by atoms with Crippen LogP contribution < -0.4 is 5.73 Å². The summed E-state index contributed by atoms with van der Waals surface area (Å²) in [6, 6.07) is 14.2. The molecule has 0 aliphatic rings. The van der Waals surface area contributed by atoms with Gasteiger partial charge >= 0.3 is 11.9 Å². The van der Waals surface area contributed by atoms with Gasteiger partial charge in [-0.2, -0.15) is 0 Å². The second-order valence-electron chi connectivity index (χ2n) is 7.79. The number of anilines is 1. The van der Waals surface area contributed by atoms with Crippen molar-refractivity contribution in [1.82, 2.24) is 14.5 Å². The van der Waals surface area contributed by atoms with Crippen molar-refractivity contribution < 1.29 is 19.1 Å². The van der Waals surface area contributed by atoms with Gasteiger partial charge in [-0.05, 0) is 56.2 Å². The summed E-state index contributed by atoms with van der Waals surface area (Å²) >= 11 is 0. The molecule has 8 nitrogen and oxygen atoms in total. The Hall–Kier alpha value is -3.94. The number of hydrogen-bond donors (Lipinski definition) is 1. The van der Waals surface area contributed by atoms with Crippen LogP contribution in [0.1, 0.15) is 54.3 Å². The van der Waals surface area contributed by atoms with Crippen molar-refractivity contribution in [2.75, 3.05) is 12.3 Å². The molecule has 4 aromatic rings. The average molecular weight is 447 g/mol. The largest absolute Gasteiger partial charge is 0.462 e. The maximum Gasteiger partial charge on any atom is 0.344 e. The maximum atomic E-state index is 13.0. The lowest BCUT2D eigenvalue weighted by molar-refractivity contribution is 0.0337. The molecule has 0 radical (unpaired) electrons. The summed E-state index contributed by atoms with van der Waals surface area (Å²) in [5, 5.41) is 0. The fraction of sp³-hybridized carbons (Fsp3) is 0.280. The molecule has 1 atom stereocenters. The van der Waals surface area contributed by atoms with Gasteiger partial charge in [-0.1, -0.05) is 26.0 Å². The fourth-order valence-corrected chi connectivity index (χ4v) is 3.47. The van der Waals surface area contributed by atoms with Crippen LogP contribution in [0.15, 0.2) is 48.5 Å². The Labute approximate surface area is 191 Å². The molecule has 2 aromatic heterocycles. The molecule has 0 amide bonds. The van der Waals surface area contributed by atoms with Crippen LogP contribution in [0.5, 0.6) is 0 Å². The van der Waals surface area contributed by atoms with Crippen LogP contribution in [0.4, 0.5) is 5.82 Å². The predicted molar refractivity (Wildman–Crippen MR) is 127 cm³/mol. The van der Waals surface area contributed by atoms with E-state index in [1.54, 1.807) is 28.8 Å². The normalized spacial score (nSPS) is 12.1. The maximum absolute atomic E-state index is 13.0. The molecule has 0 aliphatic heterocycles. The van der Waals surface area contributed by atoms with Gasteiger partial charge in [0, 0.05) is 5.69 Å². The number of nitrogens with two attached hydrogens (primary N) is 1. The molecule has 8 heteroatoms. The number of carbonyl (C=O) groups excluding carboxylic acids is 2. The standard InChI is InChI=1S/C25H26N4O4/c1-4-14-32-24(30)16-10-12-17(13-11-16)29-22(26)20(25(31)33-15(3)5-2)21-23(29)28-19-9-7-6-8-18(19)27-21/h6-13,15H,4-5,14,26H2,1-3H3/t15-/m1/s1. The number of hydrogen-bond acceptors (Lipinski definition) is 7. The Morgan fingerprint density at radius 2 is 1.67 bits per heavy atom. The van der Waals surface area contributed by atoms with Gasteiger partial charge in [-0.15, -0.1) is 0 Å². The number of carbonyl (C=O) groups is 2. The molecule has 2 heterocycles. The summed E-state index contributed by atoms with van der Waals surface area (Å²) in [5.41, 5.74) is 9.84. The molecule has 2 aromatic carbocycles. The Bertz CT molecular complexity index is 1330. The monoisotopic (exact) mass is 446 g/mol. The zero-order chi connectivity index (χ0) is 23.5. The number of rotatable bonds is 7. The van der Waals surface area contributed by atoms with Crippen LogP contribution in [-0.4, -0.2) is 39.2 Å². The van der Waals surface area contributed by atoms with E-state index < -0.39 is 11.9 Å². The van der Waals surface area contributed by atoms with Crippen LogP contribution in [0.2, 0.25) is 0 Å². The van der Waals surface area contributed by atoms with E-state index in [1.807, 2.05) is 45.0 Å². The summed E-state index contributed by atoms with van der Waals surface area (Å²) in [7, 11) is 0. The van der Waals surface area contributed by atoms with Crippen molar-refractivity contribution in [3.8, 4) is 5.69 Å². The number of aromatic nitrogens is 3. The smallest absolute Gasteiger partial charge is 0.344 e. The van der Waals surface area contributed by atoms with E-state index in [2.05, 4.69) is 4.98 Å². The molecule has 2 N–H and O–H groups in total. The van der Waals surface area contributed by atoms with Gasteiger partial charge in [0.2, 0.25) is 0 Å². The van der Waals surface area contributed by atoms with Gasteiger partial charge in [0.05, 0.1) is 29.3 Å². The number of ether oxygens (including phenoxy) is 2. The van der Waals surface area contributed by atoms with Gasteiger partial charge in [0.25, 0.3) is 0 Å². The number of esters is 2. The fourth-order valence-electron chi connectivity index (χ4n) is 3.47. The van der Waals surface area contributed by atoms with Crippen molar-refractivity contribution in [2.24, 2.45) is 0 Å². The molecular formula is C25H26N4O4. The number of fused-ring (bicyclic) bond motifs is 2. The quantitative estimate of drug-likeness (QED) is 0.411. The van der Waals surface area contributed by atoms with Gasteiger partial charge < -0.3 is 15.2 Å². The molecule has 33 heavy (non-hydrogen) atoms. The molecule has 0 unspecified atom stereocenters. The molecule has 0 fully saturated rings. The van der Waals surface area contributed by atoms with E-state index in [1.165, 1.54) is 0 Å². The minimum absolute atomic E-state index is 0.176. The predicted octanol–water partition coefficient (Wildman–Crippen LogP) is 4.68. The van der Waals surface area contributed by atoms with E-state index in [4.69, 9.17) is 20.2 Å². The number of para-hydroxylation sites is 2. The first-order valence-corrected chi connectivity index (χ1v) is 11.0. The molecule has 4 rings (SSSR count). The molecule has 170 valence electrons. The van der Waals surface area contributed by atoms with Crippen molar-refractivity contribution in [3.05, 3.63) is 59.7 Å². The van der Waals surface area contributed by atoms with Crippen molar-refractivity contribution in [2.45, 2.75) is 39.7 Å². The van der Waals surface area contributed by atoms with Crippen LogP contribution in [0.3, 0.4) is 0 Å². The molecule has 0 saturated carbocycles. The van der Waals surface area contributed by atoms with E-state index in [0.717, 1.165) is 6.42 Å². The molecular weight excluding hydrogens is 420 g/mol. The highest BCUT2D eigenvalue weighted by Gasteiger charge is 2.27. The zero-order valence-electron chi connectivity index (χ0n) is 18.9. The molecule has 0 aliphatic carbocycles. The zero-order valence-corrected chi connectivity index (χ0v) is 18.9. The first-order chi connectivity index (χ1) is 15.9. The highest BCUT2D eigenvalue weighted by Crippen LogP contribution is 2.32. The minimum atomic E-state index is -0.546. The topological polar surface area (TPSA) is 109 Å². The second-order valence-corrected chi connectivity index (χ2v) is 7.79. The van der Waals surface area contributed by atoms with Gasteiger partial charge in [-0.3, -0.25) is 4.57 Å². The number of benzene rings is 2. The van der Waals surface area contributed by atoms with Crippen LogP contribution in [0, 0.1) is 0 Å². The van der Waals surface area contributed by atoms with Crippen LogP contribution >= 0.6 is 0 Å². The average Bonchev–Trinajstić information content (AvgIpc) is 3.11. The second kappa shape index (κ2) is 9.28. The lowest BCUT2D eigenvalue weighted by Crippen LogP contribution is -2.15. The van der Waals surface area contributed by atoms with Gasteiger partial charge in [0.15, 0.2) is 5.65 Å². The van der Waals surface area contributed by atoms with Crippen molar-refractivity contribution >= 4 is 40.0 Å². The Morgan fingerprint density at radius 3 is 2.30 bits per heavy atom. The van der Waals surface area contributed by atoms with Crippen LogP contribution in [-0.2, 0) is 9.47 Å². The Morgan fingerprint density at radius 1 is 1.00 bits per heavy atom. The lowest BCUT2D eigenvalue weighted by atomic mass is 10.2. The summed E-state index contributed by atoms with van der Waals surface area (Å²) in [4.78, 5) is 34.6. The Kier molecular flexibility index (Phi) is 6.26. The van der Waals surface area contributed by atoms with Gasteiger partial charge in [0.1, 0.15) is 16.9 Å². The van der Waals surface area contributed by atoms with E-state index >= 15 is 0 Å². The Balaban J connectivity index is 1.87. The number of nitrogen functional groups attached to an aromatic ring is 1. The van der Waals surface area contributed by atoms with E-state index in [-0.39, 0.29) is 17.5 Å². The highest BCUT2D eigenvalue weighted by molar-refractivity contribution is 6.09. The molecule has 0 saturated heterocycles. The van der Waals surface area contributed by atoms with E-state index in [9.17, 15) is 9.59 Å².